The first-order chi connectivity index (χ1) is 9.58. The molecule has 0 aromatic carbocycles. The Bertz CT molecular complexity index is 606. The molecule has 2 aromatic heterocycles. The predicted molar refractivity (Wildman–Crippen MR) is 81.1 cm³/mol. The fourth-order valence-electron chi connectivity index (χ4n) is 1.49. The Hall–Kier alpha value is -1.99. The van der Waals surface area contributed by atoms with Gasteiger partial charge in [0.05, 0.1) is 4.88 Å². The Balaban J connectivity index is 2.05. The molecule has 0 fully saturated rings. The van der Waals surface area contributed by atoms with Crippen LogP contribution in [0.5, 0.6) is 0 Å². The molecule has 104 valence electrons. The van der Waals surface area contributed by atoms with Crippen molar-refractivity contribution in [1.82, 2.24) is 10.3 Å². The largest absolute Gasteiger partial charge is 0.336 e. The van der Waals surface area contributed by atoms with Crippen molar-refractivity contribution in [3.63, 3.8) is 0 Å². The zero-order chi connectivity index (χ0) is 14.5. The Morgan fingerprint density at radius 1 is 1.35 bits per heavy atom. The van der Waals surface area contributed by atoms with Crippen molar-refractivity contribution in [1.29, 1.82) is 0 Å². The van der Waals surface area contributed by atoms with Gasteiger partial charge in [0.25, 0.3) is 11.8 Å². The number of thiazole rings is 1. The van der Waals surface area contributed by atoms with E-state index in [2.05, 4.69) is 22.2 Å². The lowest BCUT2D eigenvalue weighted by Crippen LogP contribution is -2.44. The van der Waals surface area contributed by atoms with Gasteiger partial charge in [0.2, 0.25) is 0 Å². The molecule has 0 aliphatic heterocycles. The van der Waals surface area contributed by atoms with E-state index in [1.807, 2.05) is 0 Å². The van der Waals surface area contributed by atoms with Crippen LogP contribution in [0.1, 0.15) is 16.6 Å². The van der Waals surface area contributed by atoms with Gasteiger partial charge in [0, 0.05) is 11.6 Å². The molecular weight excluding hydrogens is 294 g/mol. The van der Waals surface area contributed by atoms with E-state index in [1.165, 1.54) is 22.7 Å². The summed E-state index contributed by atoms with van der Waals surface area (Å²) in [4.78, 5) is 28.7. The summed E-state index contributed by atoms with van der Waals surface area (Å²) < 4.78 is 0. The lowest BCUT2D eigenvalue weighted by Gasteiger charge is -2.17. The number of thiophene rings is 1. The van der Waals surface area contributed by atoms with Crippen LogP contribution in [0.25, 0.3) is 0 Å². The molecule has 0 saturated carbocycles. The van der Waals surface area contributed by atoms with E-state index >= 15 is 0 Å². The lowest BCUT2D eigenvalue weighted by molar-refractivity contribution is -0.117. The molecule has 0 aliphatic carbocycles. The summed E-state index contributed by atoms with van der Waals surface area (Å²) in [7, 11) is 0. The van der Waals surface area contributed by atoms with Crippen LogP contribution in [0, 0.1) is 0 Å². The van der Waals surface area contributed by atoms with Gasteiger partial charge in [-0.2, -0.15) is 0 Å². The Kier molecular flexibility index (Phi) is 4.65. The average molecular weight is 307 g/mol. The summed E-state index contributed by atoms with van der Waals surface area (Å²) in [6.45, 7) is 5.45. The number of nitrogens with zero attached hydrogens (tertiary/aromatic N) is 1. The summed E-state index contributed by atoms with van der Waals surface area (Å²) in [6.07, 6.45) is 1.60. The molecule has 2 aromatic rings. The molecule has 0 aliphatic rings. The van der Waals surface area contributed by atoms with E-state index in [-0.39, 0.29) is 11.8 Å². The van der Waals surface area contributed by atoms with Crippen LogP contribution >= 0.6 is 22.7 Å². The van der Waals surface area contributed by atoms with Crippen molar-refractivity contribution in [3.8, 4) is 0 Å². The first-order valence-corrected chi connectivity index (χ1v) is 7.54. The maximum Gasteiger partial charge on any atom is 0.262 e. The molecule has 2 amide bonds. The standard InChI is InChI=1S/C13H13N3O2S2/c1-8(2)10(12(18)16-13-14-5-7-20-13)15-11(17)9-4-3-6-19-9/h3-7,10H,1H2,2H3,(H,15,17)(H,14,16,18)/t10-/m0/s1. The van der Waals surface area contributed by atoms with Gasteiger partial charge in [-0.15, -0.1) is 22.7 Å². The van der Waals surface area contributed by atoms with E-state index < -0.39 is 6.04 Å². The third-order valence-corrected chi connectivity index (χ3v) is 3.99. The van der Waals surface area contributed by atoms with Crippen molar-refractivity contribution in [2.75, 3.05) is 5.32 Å². The fourth-order valence-corrected chi connectivity index (χ4v) is 2.64. The van der Waals surface area contributed by atoms with E-state index in [9.17, 15) is 9.59 Å². The molecular formula is C13H13N3O2S2. The van der Waals surface area contributed by atoms with Gasteiger partial charge >= 0.3 is 0 Å². The normalized spacial score (nSPS) is 11.7. The Morgan fingerprint density at radius 3 is 2.70 bits per heavy atom. The second kappa shape index (κ2) is 6.44. The van der Waals surface area contributed by atoms with Crippen LogP contribution in [0.3, 0.4) is 0 Å². The minimum absolute atomic E-state index is 0.290. The zero-order valence-corrected chi connectivity index (χ0v) is 12.4. The second-order valence-corrected chi connectivity index (χ2v) is 5.90. The quantitative estimate of drug-likeness (QED) is 0.834. The maximum absolute atomic E-state index is 12.1. The summed E-state index contributed by atoms with van der Waals surface area (Å²) in [5, 5.41) is 9.38. The number of aromatic nitrogens is 1. The van der Waals surface area contributed by atoms with Crippen LogP contribution < -0.4 is 10.6 Å². The highest BCUT2D eigenvalue weighted by atomic mass is 32.1. The summed E-state index contributed by atoms with van der Waals surface area (Å²) in [5.41, 5.74) is 0.559. The van der Waals surface area contributed by atoms with E-state index in [1.54, 1.807) is 36.0 Å². The number of hydrogen-bond acceptors (Lipinski definition) is 5. The van der Waals surface area contributed by atoms with Crippen molar-refractivity contribution < 1.29 is 9.59 Å². The smallest absolute Gasteiger partial charge is 0.262 e. The lowest BCUT2D eigenvalue weighted by atomic mass is 10.1. The molecule has 2 heterocycles. The monoisotopic (exact) mass is 307 g/mol. The molecule has 1 atom stereocenters. The molecule has 5 nitrogen and oxygen atoms in total. The molecule has 2 N–H and O–H groups in total. The van der Waals surface area contributed by atoms with Gasteiger partial charge in [-0.25, -0.2) is 4.98 Å². The first kappa shape index (κ1) is 14.4. The molecule has 0 spiro atoms. The molecule has 2 rings (SSSR count). The van der Waals surface area contributed by atoms with Gasteiger partial charge in [-0.1, -0.05) is 12.6 Å². The van der Waals surface area contributed by atoms with Crippen LogP contribution in [0.15, 0.2) is 41.2 Å². The highest BCUT2D eigenvalue weighted by Crippen LogP contribution is 2.13. The van der Waals surface area contributed by atoms with Crippen molar-refractivity contribution >= 4 is 39.6 Å². The molecule has 0 unspecified atom stereocenters. The number of rotatable bonds is 5. The third kappa shape index (κ3) is 3.52. The van der Waals surface area contributed by atoms with Gasteiger partial charge < -0.3 is 5.32 Å². The Labute approximate surface area is 124 Å². The van der Waals surface area contributed by atoms with Crippen LogP contribution in [-0.2, 0) is 4.79 Å². The Morgan fingerprint density at radius 2 is 2.15 bits per heavy atom. The number of carbonyl (C=O) groups is 2. The first-order valence-electron chi connectivity index (χ1n) is 5.78. The summed E-state index contributed by atoms with van der Waals surface area (Å²) in [6, 6.07) is 2.70. The van der Waals surface area contributed by atoms with Gasteiger partial charge in [0.1, 0.15) is 6.04 Å². The van der Waals surface area contributed by atoms with Gasteiger partial charge in [-0.05, 0) is 23.9 Å². The SMILES string of the molecule is C=C(C)[C@H](NC(=O)c1cccs1)C(=O)Nc1nccs1. The van der Waals surface area contributed by atoms with Crippen molar-refractivity contribution in [2.45, 2.75) is 13.0 Å². The topological polar surface area (TPSA) is 71.1 Å². The van der Waals surface area contributed by atoms with Gasteiger partial charge in [-0.3, -0.25) is 14.9 Å². The van der Waals surface area contributed by atoms with Crippen LogP contribution in [-0.4, -0.2) is 22.8 Å². The van der Waals surface area contributed by atoms with Crippen LogP contribution in [0.2, 0.25) is 0 Å². The summed E-state index contributed by atoms with van der Waals surface area (Å²) >= 11 is 2.63. The van der Waals surface area contributed by atoms with Gasteiger partial charge in [0.15, 0.2) is 5.13 Å². The zero-order valence-electron chi connectivity index (χ0n) is 10.8. The molecule has 0 bridgehead atoms. The third-order valence-electron chi connectivity index (χ3n) is 2.44. The maximum atomic E-state index is 12.1. The molecule has 0 radical (unpaired) electrons. The molecule has 7 heteroatoms. The minimum atomic E-state index is -0.784. The number of carbonyl (C=O) groups excluding carboxylic acids is 2. The van der Waals surface area contributed by atoms with Crippen LogP contribution in [0.4, 0.5) is 5.13 Å². The van der Waals surface area contributed by atoms with E-state index in [0.29, 0.717) is 15.6 Å². The molecule has 20 heavy (non-hydrogen) atoms. The number of nitrogens with one attached hydrogen (secondary N) is 2. The highest BCUT2D eigenvalue weighted by molar-refractivity contribution is 7.13. The minimum Gasteiger partial charge on any atom is -0.336 e. The van der Waals surface area contributed by atoms with E-state index in [4.69, 9.17) is 0 Å². The fraction of sp³-hybridized carbons (Fsp3) is 0.154. The number of hydrogen-bond donors (Lipinski definition) is 2. The molecule has 0 saturated heterocycles. The summed E-state index contributed by atoms with van der Waals surface area (Å²) in [5.74, 6) is -0.639. The number of anilines is 1. The van der Waals surface area contributed by atoms with E-state index in [0.717, 1.165) is 0 Å². The highest BCUT2D eigenvalue weighted by Gasteiger charge is 2.23. The van der Waals surface area contributed by atoms with Crippen molar-refractivity contribution in [3.05, 3.63) is 46.1 Å². The van der Waals surface area contributed by atoms with Crippen molar-refractivity contribution in [2.24, 2.45) is 0 Å². The number of amides is 2. The average Bonchev–Trinajstić information content (AvgIpc) is 3.07. The predicted octanol–water partition coefficient (Wildman–Crippen LogP) is 2.52. The second-order valence-electron chi connectivity index (χ2n) is 4.06.